The summed E-state index contributed by atoms with van der Waals surface area (Å²) < 4.78 is 7.49. The summed E-state index contributed by atoms with van der Waals surface area (Å²) >= 11 is 1.63. The molecule has 1 aliphatic heterocycles. The van der Waals surface area contributed by atoms with Crippen LogP contribution < -0.4 is 11.5 Å². The van der Waals surface area contributed by atoms with Crippen molar-refractivity contribution in [2.75, 3.05) is 17.2 Å². The second-order valence-electron chi connectivity index (χ2n) is 6.29. The molecule has 1 aliphatic rings. The van der Waals surface area contributed by atoms with Gasteiger partial charge in [-0.3, -0.25) is 4.57 Å². The molecule has 2 aromatic heterocycles. The van der Waals surface area contributed by atoms with Crippen LogP contribution in [-0.4, -0.2) is 59.5 Å². The average molecular weight is 404 g/mol. The van der Waals surface area contributed by atoms with Crippen molar-refractivity contribution in [3.05, 3.63) is 49.2 Å². The van der Waals surface area contributed by atoms with E-state index in [1.54, 1.807) is 22.4 Å². The van der Waals surface area contributed by atoms with Crippen LogP contribution in [-0.2, 0) is 4.74 Å². The van der Waals surface area contributed by atoms with E-state index in [1.807, 2.05) is 12.2 Å². The van der Waals surface area contributed by atoms with Crippen LogP contribution in [0.25, 0.3) is 11.2 Å². The van der Waals surface area contributed by atoms with Crippen molar-refractivity contribution in [3.8, 4) is 0 Å². The smallest absolute Gasteiger partial charge is 0.167 e. The first-order valence-electron chi connectivity index (χ1n) is 8.79. The Bertz CT molecular complexity index is 883. The third-order valence-electron chi connectivity index (χ3n) is 4.46. The van der Waals surface area contributed by atoms with E-state index in [2.05, 4.69) is 21.5 Å². The van der Waals surface area contributed by atoms with Gasteiger partial charge in [0, 0.05) is 5.75 Å². The van der Waals surface area contributed by atoms with Crippen LogP contribution in [0.4, 0.5) is 5.82 Å². The van der Waals surface area contributed by atoms with E-state index in [0.29, 0.717) is 16.9 Å². The summed E-state index contributed by atoms with van der Waals surface area (Å²) in [6, 6.07) is 0. The number of fused-ring (bicyclic) bond motifs is 1. The van der Waals surface area contributed by atoms with Crippen LogP contribution in [0.5, 0.6) is 0 Å². The van der Waals surface area contributed by atoms with Crippen LogP contribution in [0.1, 0.15) is 12.6 Å². The molecular formula is C18H24N6O3S. The number of nitrogens with two attached hydrogens (primary N) is 2. The second-order valence-corrected chi connectivity index (χ2v) is 7.44. The number of rotatable bonds is 8. The van der Waals surface area contributed by atoms with Gasteiger partial charge in [0.25, 0.3) is 0 Å². The minimum Gasteiger partial charge on any atom is -0.405 e. The Morgan fingerprint density at radius 1 is 1.32 bits per heavy atom. The zero-order valence-corrected chi connectivity index (χ0v) is 16.1. The Balaban J connectivity index is 1.62. The normalized spacial score (nSPS) is 25.7. The number of hydrogen-bond donors (Lipinski definition) is 4. The summed E-state index contributed by atoms with van der Waals surface area (Å²) in [6.45, 7) is 3.69. The third-order valence-corrected chi connectivity index (χ3v) is 5.51. The van der Waals surface area contributed by atoms with E-state index in [-0.39, 0.29) is 5.82 Å². The predicted octanol–water partition coefficient (Wildman–Crippen LogP) is 0.736. The summed E-state index contributed by atoms with van der Waals surface area (Å²) in [7, 11) is 0. The van der Waals surface area contributed by atoms with E-state index >= 15 is 0 Å². The number of ether oxygens (including phenoxy) is 1. The molecule has 0 bridgehead atoms. The number of aliphatic hydroxyl groups excluding tert-OH is 2. The molecule has 10 heteroatoms. The van der Waals surface area contributed by atoms with E-state index in [9.17, 15) is 10.2 Å². The van der Waals surface area contributed by atoms with Gasteiger partial charge in [-0.15, -0.1) is 0 Å². The largest absolute Gasteiger partial charge is 0.405 e. The summed E-state index contributed by atoms with van der Waals surface area (Å²) in [5.74, 6) is 1.60. The molecule has 3 rings (SSSR count). The minimum absolute atomic E-state index is 0.249. The van der Waals surface area contributed by atoms with Gasteiger partial charge in [-0.25, -0.2) is 15.0 Å². The van der Waals surface area contributed by atoms with Crippen LogP contribution in [0.15, 0.2) is 49.2 Å². The minimum atomic E-state index is -1.10. The number of aliphatic hydroxyl groups is 2. The van der Waals surface area contributed by atoms with Crippen molar-refractivity contribution in [2.24, 2.45) is 5.73 Å². The predicted molar refractivity (Wildman–Crippen MR) is 109 cm³/mol. The molecule has 2 aromatic rings. The Morgan fingerprint density at radius 3 is 2.89 bits per heavy atom. The van der Waals surface area contributed by atoms with E-state index in [0.717, 1.165) is 17.7 Å². The molecule has 150 valence electrons. The number of nitrogens with zero attached hydrogens (tertiary/aromatic N) is 4. The highest BCUT2D eigenvalue weighted by Gasteiger charge is 2.44. The molecule has 28 heavy (non-hydrogen) atoms. The SMILES string of the molecule is C=C/C=C(\C=C/N)CCSC[C@H]1O[C@@H](n2cnc3c(N)ncnc32)[C@H](O)[C@@H]1O. The fourth-order valence-corrected chi connectivity index (χ4v) is 4.09. The second kappa shape index (κ2) is 9.20. The number of nitrogen functional groups attached to an aromatic ring is 1. The van der Waals surface area contributed by atoms with Gasteiger partial charge in [-0.05, 0) is 30.0 Å². The van der Waals surface area contributed by atoms with Gasteiger partial charge in [0.05, 0.1) is 12.4 Å². The maximum atomic E-state index is 10.5. The van der Waals surface area contributed by atoms with Gasteiger partial charge in [0.2, 0.25) is 0 Å². The van der Waals surface area contributed by atoms with Gasteiger partial charge < -0.3 is 26.4 Å². The fourth-order valence-electron chi connectivity index (χ4n) is 3.04. The summed E-state index contributed by atoms with van der Waals surface area (Å²) in [5, 5.41) is 20.9. The Kier molecular flexibility index (Phi) is 6.68. The molecule has 0 unspecified atom stereocenters. The molecular weight excluding hydrogens is 380 g/mol. The van der Waals surface area contributed by atoms with Crippen LogP contribution >= 0.6 is 11.8 Å². The highest BCUT2D eigenvalue weighted by atomic mass is 32.2. The van der Waals surface area contributed by atoms with Gasteiger partial charge in [0.1, 0.15) is 24.1 Å². The van der Waals surface area contributed by atoms with E-state index in [4.69, 9.17) is 16.2 Å². The van der Waals surface area contributed by atoms with E-state index < -0.39 is 24.5 Å². The lowest BCUT2D eigenvalue weighted by molar-refractivity contribution is -0.0289. The zero-order chi connectivity index (χ0) is 20.1. The lowest BCUT2D eigenvalue weighted by Gasteiger charge is -2.16. The van der Waals surface area contributed by atoms with Crippen molar-refractivity contribution in [1.29, 1.82) is 0 Å². The van der Waals surface area contributed by atoms with Crippen LogP contribution in [0.3, 0.4) is 0 Å². The average Bonchev–Trinajstić information content (AvgIpc) is 3.22. The Hall–Kier alpha value is -2.40. The number of hydrogen-bond acceptors (Lipinski definition) is 9. The Morgan fingerprint density at radius 2 is 2.14 bits per heavy atom. The monoisotopic (exact) mass is 404 g/mol. The molecule has 0 amide bonds. The molecule has 0 radical (unpaired) electrons. The molecule has 0 saturated carbocycles. The number of imidazole rings is 1. The molecule has 0 aliphatic carbocycles. The molecule has 9 nitrogen and oxygen atoms in total. The number of aromatic nitrogens is 4. The molecule has 0 aromatic carbocycles. The molecule has 3 heterocycles. The van der Waals surface area contributed by atoms with Gasteiger partial charge in [0.15, 0.2) is 17.7 Å². The van der Waals surface area contributed by atoms with Crippen LogP contribution in [0.2, 0.25) is 0 Å². The van der Waals surface area contributed by atoms with Crippen molar-refractivity contribution in [1.82, 2.24) is 19.5 Å². The maximum absolute atomic E-state index is 10.5. The quantitative estimate of drug-likeness (QED) is 0.369. The molecule has 6 N–H and O–H groups in total. The summed E-state index contributed by atoms with van der Waals surface area (Å²) in [5.41, 5.74) is 13.2. The van der Waals surface area contributed by atoms with Crippen LogP contribution in [0, 0.1) is 0 Å². The topological polar surface area (TPSA) is 145 Å². The first kappa shape index (κ1) is 20.3. The van der Waals surface area contributed by atoms with E-state index in [1.165, 1.54) is 18.9 Å². The fraction of sp³-hybridized carbons (Fsp3) is 0.389. The Labute approximate surface area is 166 Å². The van der Waals surface area contributed by atoms with Gasteiger partial charge >= 0.3 is 0 Å². The number of allylic oxidation sites excluding steroid dienone is 4. The third kappa shape index (κ3) is 4.20. The zero-order valence-electron chi connectivity index (χ0n) is 15.3. The van der Waals surface area contributed by atoms with Crippen molar-refractivity contribution in [2.45, 2.75) is 31.0 Å². The highest BCUT2D eigenvalue weighted by molar-refractivity contribution is 7.99. The van der Waals surface area contributed by atoms with Gasteiger partial charge in [-0.1, -0.05) is 18.7 Å². The molecule has 1 saturated heterocycles. The first-order valence-corrected chi connectivity index (χ1v) is 9.94. The molecule has 1 fully saturated rings. The number of thioether (sulfide) groups is 1. The first-order chi connectivity index (χ1) is 13.6. The van der Waals surface area contributed by atoms with Crippen molar-refractivity contribution < 1.29 is 14.9 Å². The summed E-state index contributed by atoms with van der Waals surface area (Å²) in [6.07, 6.45) is 7.15. The number of anilines is 1. The lowest BCUT2D eigenvalue weighted by atomic mass is 10.1. The van der Waals surface area contributed by atoms with Crippen molar-refractivity contribution in [3.63, 3.8) is 0 Å². The van der Waals surface area contributed by atoms with Gasteiger partial charge in [-0.2, -0.15) is 11.8 Å². The lowest BCUT2D eigenvalue weighted by Crippen LogP contribution is -2.32. The maximum Gasteiger partial charge on any atom is 0.167 e. The highest BCUT2D eigenvalue weighted by Crippen LogP contribution is 2.33. The molecule has 0 spiro atoms. The standard InChI is InChI=1S/C18H24N6O3S/c1-2-3-11(4-6-19)5-7-28-8-12-14(25)15(26)18(27-12)24-10-23-13-16(20)21-9-22-17(13)24/h2-4,6,9-10,12,14-15,18,25-26H,1,5,7-8,19H2,(H2,20,21,22)/b6-4-,11-3+/t12-,14-,15-,18-/m1/s1. The summed E-state index contributed by atoms with van der Waals surface area (Å²) in [4.78, 5) is 12.2. The van der Waals surface area contributed by atoms with Crippen molar-refractivity contribution >= 4 is 28.7 Å². The molecule has 4 atom stereocenters.